The van der Waals surface area contributed by atoms with Crippen molar-refractivity contribution in [3.05, 3.63) is 52.5 Å². The molecule has 0 amide bonds. The lowest BCUT2D eigenvalue weighted by atomic mass is 10.1. The van der Waals surface area contributed by atoms with Crippen molar-refractivity contribution in [2.45, 2.75) is 26.2 Å². The van der Waals surface area contributed by atoms with E-state index in [1.807, 2.05) is 6.92 Å². The minimum Gasteiger partial charge on any atom is -0.454 e. The Bertz CT molecular complexity index is 905. The van der Waals surface area contributed by atoms with Crippen LogP contribution in [0.4, 0.5) is 8.78 Å². The highest BCUT2D eigenvalue weighted by Gasteiger charge is 2.20. The van der Waals surface area contributed by atoms with Crippen molar-refractivity contribution in [3.8, 4) is 17.2 Å². The van der Waals surface area contributed by atoms with Gasteiger partial charge in [-0.1, -0.05) is 29.8 Å². The number of hydrogen-bond acceptors (Lipinski definition) is 5. The van der Waals surface area contributed by atoms with E-state index in [0.29, 0.717) is 40.2 Å². The van der Waals surface area contributed by atoms with E-state index in [1.54, 1.807) is 30.3 Å². The highest BCUT2D eigenvalue weighted by Crippen LogP contribution is 2.39. The van der Waals surface area contributed by atoms with Crippen LogP contribution in [0.1, 0.15) is 24.2 Å². The summed E-state index contributed by atoms with van der Waals surface area (Å²) >= 11 is 6.11. The van der Waals surface area contributed by atoms with Crippen LogP contribution in [0, 0.1) is 0 Å². The van der Waals surface area contributed by atoms with Crippen LogP contribution in [0.3, 0.4) is 0 Å². The van der Waals surface area contributed by atoms with Crippen LogP contribution in [0.15, 0.2) is 41.4 Å². The SMILES string of the molecule is CCNC(=NCc1cc2c(cc1OC(F)F)OCO2)NCC(O)c1ccccc1Cl.I. The number of fused-ring (bicyclic) bond motifs is 1. The van der Waals surface area contributed by atoms with Gasteiger partial charge in [-0.15, -0.1) is 24.0 Å². The van der Waals surface area contributed by atoms with Gasteiger partial charge in [0.05, 0.1) is 12.6 Å². The average Bonchev–Trinajstić information content (AvgIpc) is 3.16. The van der Waals surface area contributed by atoms with Gasteiger partial charge in [0.1, 0.15) is 5.75 Å². The topological polar surface area (TPSA) is 84.3 Å². The van der Waals surface area contributed by atoms with E-state index in [0.717, 1.165) is 0 Å². The zero-order chi connectivity index (χ0) is 21.5. The van der Waals surface area contributed by atoms with Gasteiger partial charge in [-0.3, -0.25) is 0 Å². The zero-order valence-corrected chi connectivity index (χ0v) is 19.7. The van der Waals surface area contributed by atoms with Gasteiger partial charge in [0.2, 0.25) is 6.79 Å². The first kappa shape index (κ1) is 25.2. The van der Waals surface area contributed by atoms with Crippen LogP contribution in [0.5, 0.6) is 17.2 Å². The Balaban J connectivity index is 0.00000341. The van der Waals surface area contributed by atoms with Gasteiger partial charge < -0.3 is 30.0 Å². The Morgan fingerprint density at radius 3 is 2.61 bits per heavy atom. The number of aliphatic imine (C=N–C) groups is 1. The minimum absolute atomic E-state index is 0. The average molecular weight is 570 g/mol. The quantitative estimate of drug-likeness (QED) is 0.253. The smallest absolute Gasteiger partial charge is 0.387 e. The third kappa shape index (κ3) is 6.97. The number of hydrogen-bond donors (Lipinski definition) is 3. The molecule has 11 heteroatoms. The Hall–Kier alpha value is -2.05. The lowest BCUT2D eigenvalue weighted by Crippen LogP contribution is -2.39. The van der Waals surface area contributed by atoms with Crippen LogP contribution in [-0.2, 0) is 6.54 Å². The molecule has 0 radical (unpaired) electrons. The summed E-state index contributed by atoms with van der Waals surface area (Å²) in [6, 6.07) is 9.92. The molecular weight excluding hydrogens is 547 g/mol. The van der Waals surface area contributed by atoms with Gasteiger partial charge in [-0.25, -0.2) is 4.99 Å². The lowest BCUT2D eigenvalue weighted by Gasteiger charge is -2.17. The van der Waals surface area contributed by atoms with Crippen LogP contribution < -0.4 is 24.8 Å². The number of aliphatic hydroxyl groups excluding tert-OH is 1. The molecule has 3 rings (SSSR count). The van der Waals surface area contributed by atoms with Crippen molar-refractivity contribution >= 4 is 41.5 Å². The van der Waals surface area contributed by atoms with E-state index in [9.17, 15) is 13.9 Å². The number of rotatable bonds is 8. The number of halogens is 4. The molecule has 1 unspecified atom stereocenters. The molecule has 1 aliphatic heterocycles. The number of alkyl halides is 2. The third-order valence-corrected chi connectivity index (χ3v) is 4.59. The molecule has 170 valence electrons. The highest BCUT2D eigenvalue weighted by atomic mass is 127. The normalized spacial score (nSPS) is 13.5. The van der Waals surface area contributed by atoms with Crippen molar-refractivity contribution in [2.24, 2.45) is 4.99 Å². The third-order valence-electron chi connectivity index (χ3n) is 4.25. The Morgan fingerprint density at radius 1 is 1.23 bits per heavy atom. The van der Waals surface area contributed by atoms with Crippen molar-refractivity contribution in [2.75, 3.05) is 19.9 Å². The Kier molecular flexibility index (Phi) is 9.85. The molecule has 1 heterocycles. The number of guanidine groups is 1. The van der Waals surface area contributed by atoms with Gasteiger partial charge in [-0.05, 0) is 19.1 Å². The molecule has 2 aromatic rings. The molecular formula is C20H23ClF2IN3O4. The molecule has 0 saturated heterocycles. The maximum Gasteiger partial charge on any atom is 0.387 e. The molecule has 1 atom stereocenters. The van der Waals surface area contributed by atoms with Crippen LogP contribution >= 0.6 is 35.6 Å². The number of nitrogens with one attached hydrogen (secondary N) is 2. The molecule has 1 aliphatic rings. The van der Waals surface area contributed by atoms with E-state index >= 15 is 0 Å². The number of nitrogens with zero attached hydrogens (tertiary/aromatic N) is 1. The molecule has 2 aromatic carbocycles. The Labute approximate surface area is 200 Å². The monoisotopic (exact) mass is 569 g/mol. The summed E-state index contributed by atoms with van der Waals surface area (Å²) in [6.45, 7) is -0.332. The first-order chi connectivity index (χ1) is 14.5. The van der Waals surface area contributed by atoms with E-state index in [1.165, 1.54) is 6.07 Å². The number of aliphatic hydroxyl groups is 1. The van der Waals surface area contributed by atoms with E-state index in [4.69, 9.17) is 21.1 Å². The van der Waals surface area contributed by atoms with Crippen LogP contribution in [0.25, 0.3) is 0 Å². The van der Waals surface area contributed by atoms with Crippen molar-refractivity contribution in [3.63, 3.8) is 0 Å². The fourth-order valence-electron chi connectivity index (χ4n) is 2.85. The fourth-order valence-corrected chi connectivity index (χ4v) is 3.11. The molecule has 31 heavy (non-hydrogen) atoms. The number of benzene rings is 2. The summed E-state index contributed by atoms with van der Waals surface area (Å²) in [6.07, 6.45) is -0.856. The maximum atomic E-state index is 12.8. The second kappa shape index (κ2) is 12.1. The maximum absolute atomic E-state index is 12.8. The molecule has 3 N–H and O–H groups in total. The summed E-state index contributed by atoms with van der Waals surface area (Å²) in [5.74, 6) is 1.13. The van der Waals surface area contributed by atoms with Gasteiger partial charge in [0.25, 0.3) is 0 Å². The molecule has 0 bridgehead atoms. The highest BCUT2D eigenvalue weighted by molar-refractivity contribution is 14.0. The molecule has 0 spiro atoms. The van der Waals surface area contributed by atoms with Gasteiger partial charge in [0, 0.05) is 35.3 Å². The van der Waals surface area contributed by atoms with E-state index in [2.05, 4.69) is 20.4 Å². The number of ether oxygens (including phenoxy) is 3. The van der Waals surface area contributed by atoms with Crippen molar-refractivity contribution in [1.29, 1.82) is 0 Å². The van der Waals surface area contributed by atoms with Crippen LogP contribution in [0.2, 0.25) is 5.02 Å². The summed E-state index contributed by atoms with van der Waals surface area (Å²) in [5, 5.41) is 16.9. The molecule has 0 saturated carbocycles. The predicted molar refractivity (Wildman–Crippen MR) is 124 cm³/mol. The molecule has 7 nitrogen and oxygen atoms in total. The first-order valence-electron chi connectivity index (χ1n) is 9.30. The Morgan fingerprint density at radius 2 is 1.94 bits per heavy atom. The van der Waals surface area contributed by atoms with Crippen molar-refractivity contribution < 1.29 is 28.1 Å². The van der Waals surface area contributed by atoms with Crippen LogP contribution in [-0.4, -0.2) is 37.6 Å². The summed E-state index contributed by atoms with van der Waals surface area (Å²) < 4.78 is 40.7. The summed E-state index contributed by atoms with van der Waals surface area (Å²) in [7, 11) is 0. The second-order valence-electron chi connectivity index (χ2n) is 6.31. The second-order valence-corrected chi connectivity index (χ2v) is 6.71. The molecule has 0 aliphatic carbocycles. The predicted octanol–water partition coefficient (Wildman–Crippen LogP) is 4.08. The van der Waals surface area contributed by atoms with Gasteiger partial charge in [-0.2, -0.15) is 8.78 Å². The van der Waals surface area contributed by atoms with Gasteiger partial charge in [0.15, 0.2) is 17.5 Å². The first-order valence-corrected chi connectivity index (χ1v) is 9.67. The van der Waals surface area contributed by atoms with E-state index in [-0.39, 0.29) is 49.6 Å². The molecule has 0 aromatic heterocycles. The summed E-state index contributed by atoms with van der Waals surface area (Å²) in [5.41, 5.74) is 0.995. The van der Waals surface area contributed by atoms with Crippen molar-refractivity contribution in [1.82, 2.24) is 10.6 Å². The fraction of sp³-hybridized carbons (Fsp3) is 0.350. The molecule has 0 fully saturated rings. The lowest BCUT2D eigenvalue weighted by molar-refractivity contribution is -0.0505. The van der Waals surface area contributed by atoms with Gasteiger partial charge >= 0.3 is 6.61 Å². The largest absolute Gasteiger partial charge is 0.454 e. The zero-order valence-electron chi connectivity index (χ0n) is 16.6. The summed E-state index contributed by atoms with van der Waals surface area (Å²) in [4.78, 5) is 4.39. The standard InChI is InChI=1S/C20H22ClF2N3O4.HI/c1-2-24-20(26-10-15(27)13-5-3-4-6-14(13)21)25-9-12-7-17-18(29-11-28-17)8-16(12)30-19(22)23;/h3-8,15,19,27H,2,9-11H2,1H3,(H2,24,25,26);1H. The minimum atomic E-state index is -2.98. The van der Waals surface area contributed by atoms with E-state index < -0.39 is 12.7 Å².